The van der Waals surface area contributed by atoms with Gasteiger partial charge >= 0.3 is 0 Å². The average molecular weight is 283 g/mol. The zero-order valence-electron chi connectivity index (χ0n) is 12.4. The van der Waals surface area contributed by atoms with Crippen LogP contribution >= 0.6 is 0 Å². The smallest absolute Gasteiger partial charge is 0.133 e. The molecule has 4 rings (SSSR count). The number of anilines is 1. The van der Waals surface area contributed by atoms with Crippen molar-refractivity contribution in [1.29, 1.82) is 0 Å². The summed E-state index contributed by atoms with van der Waals surface area (Å²) < 4.78 is 2.29. The van der Waals surface area contributed by atoms with Crippen LogP contribution in [-0.2, 0) is 13.0 Å². The van der Waals surface area contributed by atoms with Gasteiger partial charge < -0.3 is 9.47 Å². The maximum absolute atomic E-state index is 4.73. The standard InChI is InChI=1S/C16H21N5/c1-20(15-6-7-18-16(19-15)13-3-4-13)10-12-2-5-14-17-8-9-21(14)11-12/h6-9,12-13H,2-5,10-11H2,1H3. The van der Waals surface area contributed by atoms with Crippen molar-refractivity contribution in [2.24, 2.45) is 5.92 Å². The molecule has 21 heavy (non-hydrogen) atoms. The number of hydrogen-bond donors (Lipinski definition) is 0. The van der Waals surface area contributed by atoms with Gasteiger partial charge in [-0.25, -0.2) is 15.0 Å². The molecule has 1 fully saturated rings. The Morgan fingerprint density at radius 2 is 2.14 bits per heavy atom. The third-order valence-electron chi connectivity index (χ3n) is 4.56. The minimum Gasteiger partial charge on any atom is -0.359 e. The van der Waals surface area contributed by atoms with Gasteiger partial charge in [-0.15, -0.1) is 0 Å². The molecule has 2 aromatic rings. The van der Waals surface area contributed by atoms with Crippen LogP contribution in [0.1, 0.15) is 36.8 Å². The van der Waals surface area contributed by atoms with E-state index in [9.17, 15) is 0 Å². The fraction of sp³-hybridized carbons (Fsp3) is 0.562. The van der Waals surface area contributed by atoms with E-state index in [1.54, 1.807) is 0 Å². The lowest BCUT2D eigenvalue weighted by atomic mass is 9.99. The highest BCUT2D eigenvalue weighted by atomic mass is 15.2. The van der Waals surface area contributed by atoms with Gasteiger partial charge in [0.15, 0.2) is 0 Å². The van der Waals surface area contributed by atoms with Crippen LogP contribution in [-0.4, -0.2) is 33.1 Å². The van der Waals surface area contributed by atoms with Crippen LogP contribution in [0.2, 0.25) is 0 Å². The number of imidazole rings is 1. The number of aryl methyl sites for hydroxylation is 1. The highest BCUT2D eigenvalue weighted by Crippen LogP contribution is 2.38. The number of hydrogen-bond acceptors (Lipinski definition) is 4. The first-order valence-corrected chi connectivity index (χ1v) is 7.83. The van der Waals surface area contributed by atoms with Crippen LogP contribution in [0.3, 0.4) is 0 Å². The second-order valence-electron chi connectivity index (χ2n) is 6.33. The summed E-state index contributed by atoms with van der Waals surface area (Å²) >= 11 is 0. The quantitative estimate of drug-likeness (QED) is 0.863. The van der Waals surface area contributed by atoms with Gasteiger partial charge in [0.25, 0.3) is 0 Å². The van der Waals surface area contributed by atoms with Gasteiger partial charge in [-0.1, -0.05) is 0 Å². The van der Waals surface area contributed by atoms with Gasteiger partial charge in [-0.05, 0) is 31.2 Å². The first-order valence-electron chi connectivity index (χ1n) is 7.83. The van der Waals surface area contributed by atoms with Gasteiger partial charge in [-0.3, -0.25) is 0 Å². The predicted molar refractivity (Wildman–Crippen MR) is 81.3 cm³/mol. The lowest BCUT2D eigenvalue weighted by Crippen LogP contribution is -2.32. The Hall–Kier alpha value is -1.91. The first-order chi connectivity index (χ1) is 10.3. The lowest BCUT2D eigenvalue weighted by molar-refractivity contribution is 0.368. The van der Waals surface area contributed by atoms with Gasteiger partial charge in [0.2, 0.25) is 0 Å². The van der Waals surface area contributed by atoms with E-state index in [-0.39, 0.29) is 0 Å². The molecule has 0 bridgehead atoms. The number of nitrogens with zero attached hydrogens (tertiary/aromatic N) is 5. The molecule has 1 atom stereocenters. The summed E-state index contributed by atoms with van der Waals surface area (Å²) in [5.41, 5.74) is 0. The van der Waals surface area contributed by atoms with Crippen LogP contribution in [0.4, 0.5) is 5.82 Å². The van der Waals surface area contributed by atoms with E-state index in [0.717, 1.165) is 31.2 Å². The zero-order chi connectivity index (χ0) is 14.2. The molecule has 1 saturated carbocycles. The molecule has 3 heterocycles. The minimum absolute atomic E-state index is 0.613. The molecule has 2 aliphatic rings. The molecule has 5 nitrogen and oxygen atoms in total. The first kappa shape index (κ1) is 12.8. The van der Waals surface area contributed by atoms with Crippen LogP contribution < -0.4 is 4.90 Å². The predicted octanol–water partition coefficient (Wildman–Crippen LogP) is 2.25. The molecule has 110 valence electrons. The third kappa shape index (κ3) is 2.64. The second-order valence-corrected chi connectivity index (χ2v) is 6.33. The highest BCUT2D eigenvalue weighted by Gasteiger charge is 2.27. The van der Waals surface area contributed by atoms with E-state index in [2.05, 4.69) is 32.7 Å². The van der Waals surface area contributed by atoms with Crippen molar-refractivity contribution in [3.8, 4) is 0 Å². The Bertz CT molecular complexity index is 631. The number of fused-ring (bicyclic) bond motifs is 1. The van der Waals surface area contributed by atoms with Gasteiger partial charge in [0.1, 0.15) is 17.5 Å². The van der Waals surface area contributed by atoms with Crippen LogP contribution in [0.15, 0.2) is 24.7 Å². The molecule has 1 unspecified atom stereocenters. The summed E-state index contributed by atoms with van der Waals surface area (Å²) in [6.45, 7) is 2.11. The molecule has 2 aromatic heterocycles. The molecule has 1 aliphatic carbocycles. The molecule has 1 aliphatic heterocycles. The maximum atomic E-state index is 4.73. The molecule has 0 aromatic carbocycles. The van der Waals surface area contributed by atoms with E-state index in [1.165, 1.54) is 25.1 Å². The average Bonchev–Trinajstić information content (AvgIpc) is 3.26. The normalized spacial score (nSPS) is 21.1. The van der Waals surface area contributed by atoms with E-state index >= 15 is 0 Å². The molecule has 5 heteroatoms. The largest absolute Gasteiger partial charge is 0.359 e. The summed E-state index contributed by atoms with van der Waals surface area (Å²) in [4.78, 5) is 15.8. The molecular formula is C16H21N5. The Balaban J connectivity index is 1.44. The second kappa shape index (κ2) is 5.13. The summed E-state index contributed by atoms with van der Waals surface area (Å²) in [6.07, 6.45) is 10.7. The summed E-state index contributed by atoms with van der Waals surface area (Å²) in [5.74, 6) is 4.59. The molecule has 0 N–H and O–H groups in total. The van der Waals surface area contributed by atoms with Crippen molar-refractivity contribution in [3.63, 3.8) is 0 Å². The zero-order valence-corrected chi connectivity index (χ0v) is 12.4. The van der Waals surface area contributed by atoms with Crippen LogP contribution in [0.25, 0.3) is 0 Å². The summed E-state index contributed by atoms with van der Waals surface area (Å²) in [5, 5.41) is 0. The minimum atomic E-state index is 0.613. The van der Waals surface area contributed by atoms with Crippen molar-refractivity contribution < 1.29 is 0 Å². The molecule has 0 amide bonds. The van der Waals surface area contributed by atoms with Crippen molar-refractivity contribution in [1.82, 2.24) is 19.5 Å². The van der Waals surface area contributed by atoms with Crippen molar-refractivity contribution in [3.05, 3.63) is 36.3 Å². The van der Waals surface area contributed by atoms with E-state index in [4.69, 9.17) is 4.98 Å². The Labute approximate surface area is 125 Å². The van der Waals surface area contributed by atoms with Crippen molar-refractivity contribution in [2.45, 2.75) is 38.1 Å². The van der Waals surface area contributed by atoms with Crippen molar-refractivity contribution in [2.75, 3.05) is 18.5 Å². The summed E-state index contributed by atoms with van der Waals surface area (Å²) in [7, 11) is 2.14. The third-order valence-corrected chi connectivity index (χ3v) is 4.56. The fourth-order valence-electron chi connectivity index (χ4n) is 3.18. The van der Waals surface area contributed by atoms with Crippen LogP contribution in [0, 0.1) is 5.92 Å². The Kier molecular flexibility index (Phi) is 3.13. The lowest BCUT2D eigenvalue weighted by Gasteiger charge is -2.28. The van der Waals surface area contributed by atoms with E-state index < -0.39 is 0 Å². The topological polar surface area (TPSA) is 46.8 Å². The number of aromatic nitrogens is 4. The van der Waals surface area contributed by atoms with Gasteiger partial charge in [0.05, 0.1) is 0 Å². The molecule has 0 radical (unpaired) electrons. The van der Waals surface area contributed by atoms with Crippen molar-refractivity contribution >= 4 is 5.82 Å². The van der Waals surface area contributed by atoms with Gasteiger partial charge in [-0.2, -0.15) is 0 Å². The maximum Gasteiger partial charge on any atom is 0.133 e. The highest BCUT2D eigenvalue weighted by molar-refractivity contribution is 5.37. The molecule has 0 saturated heterocycles. The fourth-order valence-corrected chi connectivity index (χ4v) is 3.18. The Morgan fingerprint density at radius 3 is 3.00 bits per heavy atom. The van der Waals surface area contributed by atoms with E-state index in [1.807, 2.05) is 18.5 Å². The van der Waals surface area contributed by atoms with Gasteiger partial charge in [0, 0.05) is 51.1 Å². The monoisotopic (exact) mass is 283 g/mol. The van der Waals surface area contributed by atoms with Crippen LogP contribution in [0.5, 0.6) is 0 Å². The Morgan fingerprint density at radius 1 is 1.24 bits per heavy atom. The molecule has 0 spiro atoms. The molecular weight excluding hydrogens is 262 g/mol. The number of rotatable bonds is 4. The van der Waals surface area contributed by atoms with E-state index in [0.29, 0.717) is 11.8 Å². The summed E-state index contributed by atoms with van der Waals surface area (Å²) in [6, 6.07) is 2.03. The SMILES string of the molecule is CN(CC1CCc2nccn2C1)c1ccnc(C2CC2)n1.